The summed E-state index contributed by atoms with van der Waals surface area (Å²) in [4.78, 5) is 45.8. The number of nitrogens with zero attached hydrogens (tertiary/aromatic N) is 4. The van der Waals surface area contributed by atoms with Crippen molar-refractivity contribution in [2.45, 2.75) is 53.2 Å². The zero-order valence-electron chi connectivity index (χ0n) is 23.3. The highest BCUT2D eigenvalue weighted by Gasteiger charge is 2.21. The molecule has 2 heterocycles. The van der Waals surface area contributed by atoms with Crippen LogP contribution in [-0.2, 0) is 22.6 Å². The van der Waals surface area contributed by atoms with Crippen molar-refractivity contribution in [1.29, 1.82) is 0 Å². The fraction of sp³-hybridized carbons (Fsp3) is 0.400. The van der Waals surface area contributed by atoms with Gasteiger partial charge in [-0.25, -0.2) is 9.78 Å². The maximum atomic E-state index is 14.1. The van der Waals surface area contributed by atoms with Crippen molar-refractivity contribution < 1.29 is 14.3 Å². The minimum absolute atomic E-state index is 0.00573. The van der Waals surface area contributed by atoms with Crippen LogP contribution in [0.4, 0.5) is 0 Å². The summed E-state index contributed by atoms with van der Waals surface area (Å²) in [6.45, 7) is 9.77. The Morgan fingerprint density at radius 3 is 2.46 bits per heavy atom. The average molecular weight is 532 g/mol. The highest BCUT2D eigenvalue weighted by Crippen LogP contribution is 2.29. The third-order valence-corrected chi connectivity index (χ3v) is 7.02. The first-order chi connectivity index (χ1) is 18.7. The minimum atomic E-state index is -0.493. The zero-order valence-corrected chi connectivity index (χ0v) is 23.3. The third kappa shape index (κ3) is 5.73. The first-order valence-electron chi connectivity index (χ1n) is 13.4. The summed E-state index contributed by atoms with van der Waals surface area (Å²) < 4.78 is 8.39. The predicted molar refractivity (Wildman–Crippen MR) is 154 cm³/mol. The van der Waals surface area contributed by atoms with Crippen molar-refractivity contribution in [3.05, 3.63) is 64.6 Å². The molecule has 0 saturated carbocycles. The SMILES string of the molecule is CCN(CC)C(=O)Cn1cc(-c2nc3ccc(C(=O)OC)cc3n(CC(N)CC(C)C)c2=O)c2ccccc21. The van der Waals surface area contributed by atoms with Crippen molar-refractivity contribution in [2.75, 3.05) is 20.2 Å². The highest BCUT2D eigenvalue weighted by molar-refractivity contribution is 5.97. The number of methoxy groups -OCH3 is 1. The molecule has 0 saturated heterocycles. The van der Waals surface area contributed by atoms with Crippen molar-refractivity contribution in [3.8, 4) is 11.3 Å². The van der Waals surface area contributed by atoms with E-state index < -0.39 is 5.97 Å². The normalized spacial score (nSPS) is 12.3. The second-order valence-electron chi connectivity index (χ2n) is 10.2. The van der Waals surface area contributed by atoms with Crippen LogP contribution in [0.25, 0.3) is 33.2 Å². The van der Waals surface area contributed by atoms with E-state index in [0.717, 1.165) is 17.3 Å². The van der Waals surface area contributed by atoms with Gasteiger partial charge in [-0.15, -0.1) is 0 Å². The van der Waals surface area contributed by atoms with E-state index in [4.69, 9.17) is 15.5 Å². The lowest BCUT2D eigenvalue weighted by atomic mass is 10.0. The predicted octanol–water partition coefficient (Wildman–Crippen LogP) is 4.05. The van der Waals surface area contributed by atoms with E-state index in [1.54, 1.807) is 27.7 Å². The number of aromatic nitrogens is 3. The van der Waals surface area contributed by atoms with E-state index >= 15 is 0 Å². The number of carbonyl (C=O) groups excluding carboxylic acids is 2. The Bertz CT molecular complexity index is 1570. The first-order valence-corrected chi connectivity index (χ1v) is 13.4. The van der Waals surface area contributed by atoms with Crippen LogP contribution < -0.4 is 11.3 Å². The van der Waals surface area contributed by atoms with E-state index in [1.165, 1.54) is 7.11 Å². The van der Waals surface area contributed by atoms with Gasteiger partial charge in [-0.05, 0) is 50.5 Å². The largest absolute Gasteiger partial charge is 0.465 e. The summed E-state index contributed by atoms with van der Waals surface area (Å²) in [5, 5.41) is 0.831. The Balaban J connectivity index is 1.92. The van der Waals surface area contributed by atoms with Gasteiger partial charge in [0, 0.05) is 48.3 Å². The topological polar surface area (TPSA) is 112 Å². The van der Waals surface area contributed by atoms with Crippen LogP contribution in [0.5, 0.6) is 0 Å². The molecule has 39 heavy (non-hydrogen) atoms. The molecule has 0 bridgehead atoms. The van der Waals surface area contributed by atoms with Crippen LogP contribution in [0.1, 0.15) is 44.5 Å². The van der Waals surface area contributed by atoms with Crippen molar-refractivity contribution in [3.63, 3.8) is 0 Å². The Hall–Kier alpha value is -3.98. The monoisotopic (exact) mass is 531 g/mol. The Morgan fingerprint density at radius 2 is 1.79 bits per heavy atom. The number of rotatable bonds is 10. The molecule has 0 fully saturated rings. The van der Waals surface area contributed by atoms with Gasteiger partial charge in [0.1, 0.15) is 12.2 Å². The van der Waals surface area contributed by atoms with Gasteiger partial charge >= 0.3 is 5.97 Å². The number of hydrogen-bond donors (Lipinski definition) is 1. The van der Waals surface area contributed by atoms with Gasteiger partial charge in [0.25, 0.3) is 5.56 Å². The maximum Gasteiger partial charge on any atom is 0.337 e. The van der Waals surface area contributed by atoms with E-state index in [1.807, 2.05) is 48.9 Å². The molecule has 4 rings (SSSR count). The number of benzene rings is 2. The summed E-state index contributed by atoms with van der Waals surface area (Å²) >= 11 is 0. The number of hydrogen-bond acceptors (Lipinski definition) is 6. The molecule has 0 spiro atoms. The van der Waals surface area contributed by atoms with Crippen LogP contribution in [-0.4, -0.2) is 57.1 Å². The second kappa shape index (κ2) is 11.8. The Labute approximate surface area is 228 Å². The van der Waals surface area contributed by atoms with Crippen molar-refractivity contribution in [1.82, 2.24) is 19.0 Å². The number of para-hydroxylation sites is 1. The molecule has 1 atom stereocenters. The zero-order chi connectivity index (χ0) is 28.3. The van der Waals surface area contributed by atoms with Crippen molar-refractivity contribution in [2.24, 2.45) is 11.7 Å². The van der Waals surface area contributed by atoms with Crippen molar-refractivity contribution >= 4 is 33.8 Å². The molecule has 1 amide bonds. The van der Waals surface area contributed by atoms with Gasteiger partial charge in [-0.2, -0.15) is 0 Å². The molecule has 1 unspecified atom stereocenters. The molecule has 9 heteroatoms. The van der Waals surface area contributed by atoms with Gasteiger partial charge in [-0.1, -0.05) is 32.0 Å². The lowest BCUT2D eigenvalue weighted by molar-refractivity contribution is -0.131. The van der Waals surface area contributed by atoms with Gasteiger partial charge < -0.3 is 24.5 Å². The summed E-state index contributed by atoms with van der Waals surface area (Å²) in [5.74, 6) is -0.131. The molecule has 2 aromatic carbocycles. The summed E-state index contributed by atoms with van der Waals surface area (Å²) in [7, 11) is 1.32. The molecule has 206 valence electrons. The standard InChI is InChI=1S/C30H37N5O4/c1-6-33(7-2)27(36)18-34-17-23(22-10-8-9-11-25(22)34)28-29(37)35(16-21(31)14-19(3)4)26-15-20(30(38)39-5)12-13-24(26)32-28/h8-13,15,17,19,21H,6-7,14,16,18,31H2,1-5H3. The number of likely N-dealkylation sites (N-methyl/N-ethyl adjacent to an activating group) is 1. The van der Waals surface area contributed by atoms with Gasteiger partial charge in [0.2, 0.25) is 5.91 Å². The molecular formula is C30H37N5O4. The molecule has 0 radical (unpaired) electrons. The van der Waals surface area contributed by atoms with Crippen LogP contribution in [0.2, 0.25) is 0 Å². The van der Waals surface area contributed by atoms with E-state index in [9.17, 15) is 14.4 Å². The van der Waals surface area contributed by atoms with Crippen LogP contribution in [0.3, 0.4) is 0 Å². The fourth-order valence-electron chi connectivity index (χ4n) is 5.14. The number of fused-ring (bicyclic) bond motifs is 2. The summed E-state index contributed by atoms with van der Waals surface area (Å²) in [6.07, 6.45) is 2.57. The average Bonchev–Trinajstić information content (AvgIpc) is 3.27. The second-order valence-corrected chi connectivity index (χ2v) is 10.2. The van der Waals surface area contributed by atoms with Gasteiger partial charge in [0.05, 0.1) is 23.7 Å². The molecular weight excluding hydrogens is 494 g/mol. The third-order valence-electron chi connectivity index (χ3n) is 7.02. The first kappa shape index (κ1) is 28.0. The molecule has 2 aromatic heterocycles. The quantitative estimate of drug-likeness (QED) is 0.309. The number of esters is 1. The molecule has 0 aliphatic heterocycles. The smallest absolute Gasteiger partial charge is 0.337 e. The lowest BCUT2D eigenvalue weighted by Gasteiger charge is -2.19. The molecule has 2 N–H and O–H groups in total. The number of ether oxygens (including phenoxy) is 1. The molecule has 0 aliphatic rings. The van der Waals surface area contributed by atoms with Crippen LogP contribution in [0.15, 0.2) is 53.5 Å². The van der Waals surface area contributed by atoms with E-state index in [2.05, 4.69) is 13.8 Å². The fourth-order valence-corrected chi connectivity index (χ4v) is 5.14. The Morgan fingerprint density at radius 1 is 1.08 bits per heavy atom. The van der Waals surface area contributed by atoms with E-state index in [0.29, 0.717) is 41.2 Å². The molecule has 4 aromatic rings. The minimum Gasteiger partial charge on any atom is -0.465 e. The number of amides is 1. The lowest BCUT2D eigenvalue weighted by Crippen LogP contribution is -2.34. The van der Waals surface area contributed by atoms with E-state index in [-0.39, 0.29) is 36.3 Å². The molecule has 9 nitrogen and oxygen atoms in total. The van der Waals surface area contributed by atoms with Crippen LogP contribution in [0, 0.1) is 5.92 Å². The van der Waals surface area contributed by atoms with Gasteiger partial charge in [0.15, 0.2) is 0 Å². The number of carbonyl (C=O) groups is 2. The summed E-state index contributed by atoms with van der Waals surface area (Å²) in [5.41, 5.74) is 9.34. The molecule has 0 aliphatic carbocycles. The van der Waals surface area contributed by atoms with Gasteiger partial charge in [-0.3, -0.25) is 9.59 Å². The number of nitrogens with two attached hydrogens (primary N) is 1. The maximum absolute atomic E-state index is 14.1. The Kier molecular flexibility index (Phi) is 8.50. The van der Waals surface area contributed by atoms with Crippen LogP contribution >= 0.6 is 0 Å². The summed E-state index contributed by atoms with van der Waals surface area (Å²) in [6, 6.07) is 12.4. The highest BCUT2D eigenvalue weighted by atomic mass is 16.5.